The lowest BCUT2D eigenvalue weighted by molar-refractivity contribution is 0.0938. The number of hydrogen-bond acceptors (Lipinski definition) is 2. The van der Waals surface area contributed by atoms with Crippen LogP contribution in [0, 0.1) is 0 Å². The maximum absolute atomic E-state index is 12.0. The maximum Gasteiger partial charge on any atom is 0.251 e. The van der Waals surface area contributed by atoms with Crippen molar-refractivity contribution in [2.75, 3.05) is 6.61 Å². The number of nitrogens with one attached hydrogen (secondary N) is 1. The highest BCUT2D eigenvalue weighted by Gasteiger charge is 2.17. The molecule has 1 aliphatic rings. The van der Waals surface area contributed by atoms with Crippen LogP contribution in [0.25, 0.3) is 0 Å². The van der Waals surface area contributed by atoms with Crippen molar-refractivity contribution >= 4 is 5.91 Å². The van der Waals surface area contributed by atoms with E-state index in [4.69, 9.17) is 4.74 Å². The van der Waals surface area contributed by atoms with Gasteiger partial charge in [-0.2, -0.15) is 0 Å². The first-order valence-corrected chi connectivity index (χ1v) is 6.83. The lowest BCUT2D eigenvalue weighted by Crippen LogP contribution is -2.32. The van der Waals surface area contributed by atoms with Gasteiger partial charge in [-0.25, -0.2) is 0 Å². The Morgan fingerprint density at radius 2 is 1.95 bits per heavy atom. The molecule has 1 saturated carbocycles. The minimum absolute atomic E-state index is 0.0124. The van der Waals surface area contributed by atoms with Gasteiger partial charge in [-0.15, -0.1) is 0 Å². The van der Waals surface area contributed by atoms with Crippen LogP contribution in [0.2, 0.25) is 0 Å². The van der Waals surface area contributed by atoms with Crippen LogP contribution in [-0.4, -0.2) is 18.6 Å². The summed E-state index contributed by atoms with van der Waals surface area (Å²) in [5.74, 6) is 0.777. The molecule has 102 valence electrons. The van der Waals surface area contributed by atoms with E-state index in [1.165, 1.54) is 12.8 Å². The average molecular weight is 259 g/mol. The molecular formula is C16H21NO2. The van der Waals surface area contributed by atoms with E-state index in [1.807, 2.05) is 19.1 Å². The molecule has 1 aromatic rings. The van der Waals surface area contributed by atoms with Crippen molar-refractivity contribution in [1.82, 2.24) is 5.32 Å². The van der Waals surface area contributed by atoms with Crippen molar-refractivity contribution in [2.24, 2.45) is 0 Å². The first-order valence-electron chi connectivity index (χ1n) is 6.83. The highest BCUT2D eigenvalue weighted by molar-refractivity contribution is 5.94. The molecule has 0 atom stereocenters. The number of carbonyl (C=O) groups excluding carboxylic acids is 1. The summed E-state index contributed by atoms with van der Waals surface area (Å²) >= 11 is 0. The highest BCUT2D eigenvalue weighted by atomic mass is 16.5. The van der Waals surface area contributed by atoms with E-state index in [0.29, 0.717) is 18.2 Å². The number of benzene rings is 1. The number of rotatable bonds is 5. The Labute approximate surface area is 114 Å². The Balaban J connectivity index is 1.89. The zero-order valence-corrected chi connectivity index (χ0v) is 11.4. The molecular weight excluding hydrogens is 238 g/mol. The molecule has 1 amide bonds. The first kappa shape index (κ1) is 13.7. The molecule has 0 unspecified atom stereocenters. The molecule has 0 spiro atoms. The second-order valence-electron chi connectivity index (χ2n) is 5.23. The molecule has 1 N–H and O–H groups in total. The quantitative estimate of drug-likeness (QED) is 0.824. The van der Waals surface area contributed by atoms with Gasteiger partial charge >= 0.3 is 0 Å². The van der Waals surface area contributed by atoms with E-state index in [0.717, 1.165) is 24.2 Å². The van der Waals surface area contributed by atoms with Crippen LogP contribution in [0.3, 0.4) is 0 Å². The second kappa shape index (κ2) is 6.41. The van der Waals surface area contributed by atoms with Crippen molar-refractivity contribution in [3.05, 3.63) is 42.0 Å². The van der Waals surface area contributed by atoms with Gasteiger partial charge < -0.3 is 10.1 Å². The topological polar surface area (TPSA) is 38.3 Å². The monoisotopic (exact) mass is 259 g/mol. The summed E-state index contributed by atoms with van der Waals surface area (Å²) in [6.45, 7) is 6.21. The van der Waals surface area contributed by atoms with Crippen LogP contribution in [0.1, 0.15) is 43.0 Å². The molecule has 0 saturated heterocycles. The van der Waals surface area contributed by atoms with Gasteiger partial charge in [-0.1, -0.05) is 19.4 Å². The SMILES string of the molecule is C=C(C)COc1ccc(C(=O)NC2CCCC2)cc1. The Hall–Kier alpha value is -1.77. The van der Waals surface area contributed by atoms with Crippen molar-refractivity contribution in [3.63, 3.8) is 0 Å². The fourth-order valence-electron chi connectivity index (χ4n) is 2.25. The zero-order chi connectivity index (χ0) is 13.7. The van der Waals surface area contributed by atoms with Crippen molar-refractivity contribution < 1.29 is 9.53 Å². The molecule has 3 nitrogen and oxygen atoms in total. The molecule has 2 rings (SSSR count). The third-order valence-corrected chi connectivity index (χ3v) is 3.29. The highest BCUT2D eigenvalue weighted by Crippen LogP contribution is 2.19. The second-order valence-corrected chi connectivity index (χ2v) is 5.23. The number of amides is 1. The maximum atomic E-state index is 12.0. The van der Waals surface area contributed by atoms with Gasteiger partial charge in [-0.05, 0) is 49.6 Å². The first-order chi connectivity index (χ1) is 9.15. The summed E-state index contributed by atoms with van der Waals surface area (Å²) in [5, 5.41) is 3.07. The molecule has 1 aromatic carbocycles. The van der Waals surface area contributed by atoms with Crippen molar-refractivity contribution in [2.45, 2.75) is 38.6 Å². The summed E-state index contributed by atoms with van der Waals surface area (Å²) < 4.78 is 5.50. The minimum Gasteiger partial charge on any atom is -0.489 e. The molecule has 0 heterocycles. The Morgan fingerprint density at radius 3 is 2.53 bits per heavy atom. The molecule has 0 radical (unpaired) electrons. The molecule has 0 aliphatic heterocycles. The fraction of sp³-hybridized carbons (Fsp3) is 0.438. The summed E-state index contributed by atoms with van der Waals surface area (Å²) in [4.78, 5) is 12.0. The van der Waals surface area contributed by atoms with Gasteiger partial charge in [0.15, 0.2) is 0 Å². The fourth-order valence-corrected chi connectivity index (χ4v) is 2.25. The molecule has 3 heteroatoms. The van der Waals surface area contributed by atoms with Crippen LogP contribution in [0.15, 0.2) is 36.4 Å². The Kier molecular flexibility index (Phi) is 4.61. The van der Waals surface area contributed by atoms with Crippen LogP contribution in [0.5, 0.6) is 5.75 Å². The third-order valence-electron chi connectivity index (χ3n) is 3.29. The van der Waals surface area contributed by atoms with Crippen LogP contribution in [-0.2, 0) is 0 Å². The van der Waals surface area contributed by atoms with E-state index in [2.05, 4.69) is 11.9 Å². The van der Waals surface area contributed by atoms with Gasteiger partial charge in [0, 0.05) is 11.6 Å². The van der Waals surface area contributed by atoms with Gasteiger partial charge in [0.1, 0.15) is 12.4 Å². The summed E-state index contributed by atoms with van der Waals surface area (Å²) in [7, 11) is 0. The summed E-state index contributed by atoms with van der Waals surface area (Å²) in [6.07, 6.45) is 4.65. The van der Waals surface area contributed by atoms with Gasteiger partial charge in [-0.3, -0.25) is 4.79 Å². The van der Waals surface area contributed by atoms with E-state index < -0.39 is 0 Å². The average Bonchev–Trinajstić information content (AvgIpc) is 2.89. The normalized spacial score (nSPS) is 15.2. The van der Waals surface area contributed by atoms with E-state index in [-0.39, 0.29) is 5.91 Å². The molecule has 1 fully saturated rings. The number of hydrogen-bond donors (Lipinski definition) is 1. The Bertz CT molecular complexity index is 444. The third kappa shape index (κ3) is 4.12. The minimum atomic E-state index is 0.0124. The predicted molar refractivity (Wildman–Crippen MR) is 76.5 cm³/mol. The lowest BCUT2D eigenvalue weighted by atomic mass is 10.1. The largest absolute Gasteiger partial charge is 0.489 e. The van der Waals surface area contributed by atoms with Crippen molar-refractivity contribution in [1.29, 1.82) is 0 Å². The van der Waals surface area contributed by atoms with E-state index >= 15 is 0 Å². The summed E-state index contributed by atoms with van der Waals surface area (Å²) in [5.41, 5.74) is 1.66. The molecule has 19 heavy (non-hydrogen) atoms. The van der Waals surface area contributed by atoms with Gasteiger partial charge in [0.25, 0.3) is 5.91 Å². The lowest BCUT2D eigenvalue weighted by Gasteiger charge is -2.12. The van der Waals surface area contributed by atoms with Crippen LogP contribution >= 0.6 is 0 Å². The number of carbonyl (C=O) groups is 1. The van der Waals surface area contributed by atoms with E-state index in [9.17, 15) is 4.79 Å². The van der Waals surface area contributed by atoms with Crippen LogP contribution in [0.4, 0.5) is 0 Å². The predicted octanol–water partition coefficient (Wildman–Crippen LogP) is 3.31. The molecule has 1 aliphatic carbocycles. The van der Waals surface area contributed by atoms with E-state index in [1.54, 1.807) is 12.1 Å². The Morgan fingerprint density at radius 1 is 1.32 bits per heavy atom. The molecule has 0 aromatic heterocycles. The van der Waals surface area contributed by atoms with Crippen LogP contribution < -0.4 is 10.1 Å². The zero-order valence-electron chi connectivity index (χ0n) is 11.4. The smallest absolute Gasteiger partial charge is 0.251 e. The van der Waals surface area contributed by atoms with Gasteiger partial charge in [0.05, 0.1) is 0 Å². The summed E-state index contributed by atoms with van der Waals surface area (Å²) in [6, 6.07) is 7.61. The molecule has 0 bridgehead atoms. The van der Waals surface area contributed by atoms with Gasteiger partial charge in [0.2, 0.25) is 0 Å². The van der Waals surface area contributed by atoms with Crippen molar-refractivity contribution in [3.8, 4) is 5.75 Å². The standard InChI is InChI=1S/C16H21NO2/c1-12(2)11-19-15-9-7-13(8-10-15)16(18)17-14-5-3-4-6-14/h7-10,14H,1,3-6,11H2,2H3,(H,17,18). The number of ether oxygens (including phenoxy) is 1.